The lowest BCUT2D eigenvalue weighted by Gasteiger charge is -2.27. The van der Waals surface area contributed by atoms with Gasteiger partial charge in [0, 0.05) is 18.7 Å². The maximum atomic E-state index is 5.83. The average Bonchev–Trinajstić information content (AvgIpc) is 2.34. The molecule has 1 N–H and O–H groups in total. The van der Waals surface area contributed by atoms with Crippen LogP contribution >= 0.6 is 0 Å². The fourth-order valence-corrected chi connectivity index (χ4v) is 1.94. The van der Waals surface area contributed by atoms with Gasteiger partial charge in [0.15, 0.2) is 0 Å². The van der Waals surface area contributed by atoms with Crippen LogP contribution in [0.15, 0.2) is 18.3 Å². The first-order chi connectivity index (χ1) is 8.90. The molecular formula is C15H20N2O. The van der Waals surface area contributed by atoms with Crippen LogP contribution in [0, 0.1) is 12.3 Å². The van der Waals surface area contributed by atoms with Crippen molar-refractivity contribution >= 4 is 0 Å². The largest absolute Gasteiger partial charge is 0.490 e. The van der Waals surface area contributed by atoms with Crippen molar-refractivity contribution in [2.75, 3.05) is 13.2 Å². The lowest BCUT2D eigenvalue weighted by molar-refractivity contribution is 0.215. The Morgan fingerprint density at radius 3 is 3.11 bits per heavy atom. The highest BCUT2D eigenvalue weighted by atomic mass is 16.5. The molecule has 96 valence electrons. The zero-order valence-electron chi connectivity index (χ0n) is 10.7. The van der Waals surface area contributed by atoms with Gasteiger partial charge in [-0.3, -0.25) is 4.98 Å². The minimum absolute atomic E-state index is 0.513. The molecule has 1 aliphatic heterocycles. The van der Waals surface area contributed by atoms with E-state index in [0.29, 0.717) is 6.04 Å². The minimum atomic E-state index is 0.513. The Morgan fingerprint density at radius 2 is 2.39 bits per heavy atom. The summed E-state index contributed by atoms with van der Waals surface area (Å²) in [6.07, 6.45) is 12.2. The molecule has 0 aliphatic carbocycles. The Hall–Kier alpha value is -1.53. The molecule has 2 heterocycles. The molecule has 1 aromatic rings. The average molecular weight is 244 g/mol. The number of ether oxygens (including phenoxy) is 1. The Morgan fingerprint density at radius 1 is 1.50 bits per heavy atom. The van der Waals surface area contributed by atoms with Gasteiger partial charge in [-0.2, -0.15) is 0 Å². The lowest BCUT2D eigenvalue weighted by atomic mass is 10.1. The molecule has 1 fully saturated rings. The number of hydrogen-bond acceptors (Lipinski definition) is 3. The van der Waals surface area contributed by atoms with E-state index in [1.807, 2.05) is 18.3 Å². The highest BCUT2D eigenvalue weighted by molar-refractivity contribution is 5.27. The predicted octanol–water partition coefficient (Wildman–Crippen LogP) is 2.17. The molecule has 18 heavy (non-hydrogen) atoms. The number of nitrogens with one attached hydrogen (secondary N) is 1. The van der Waals surface area contributed by atoms with Gasteiger partial charge in [0.2, 0.25) is 0 Å². The monoisotopic (exact) mass is 244 g/mol. The van der Waals surface area contributed by atoms with Gasteiger partial charge in [0.05, 0.1) is 5.69 Å². The van der Waals surface area contributed by atoms with E-state index in [9.17, 15) is 0 Å². The predicted molar refractivity (Wildman–Crippen MR) is 72.5 cm³/mol. The van der Waals surface area contributed by atoms with Gasteiger partial charge in [-0.05, 0) is 44.4 Å². The quantitative estimate of drug-likeness (QED) is 0.589. The van der Waals surface area contributed by atoms with Gasteiger partial charge in [0.25, 0.3) is 0 Å². The number of aryl methyl sites for hydroxylation is 1. The first-order valence-corrected chi connectivity index (χ1v) is 6.63. The number of pyridine rings is 1. The summed E-state index contributed by atoms with van der Waals surface area (Å²) in [5, 5.41) is 3.33. The number of unbranched alkanes of at least 4 members (excludes halogenated alkanes) is 2. The second-order valence-corrected chi connectivity index (χ2v) is 4.61. The summed E-state index contributed by atoms with van der Waals surface area (Å²) < 4.78 is 5.83. The van der Waals surface area contributed by atoms with Crippen LogP contribution in [0.3, 0.4) is 0 Å². The van der Waals surface area contributed by atoms with Crippen LogP contribution in [0.25, 0.3) is 0 Å². The molecule has 1 atom stereocenters. The second-order valence-electron chi connectivity index (χ2n) is 4.61. The zero-order chi connectivity index (χ0) is 12.6. The third-order valence-electron chi connectivity index (χ3n) is 3.20. The van der Waals surface area contributed by atoms with Crippen LogP contribution in [0.2, 0.25) is 0 Å². The number of aromatic nitrogens is 1. The zero-order valence-corrected chi connectivity index (χ0v) is 10.7. The molecular weight excluding hydrogens is 224 g/mol. The van der Waals surface area contributed by atoms with Gasteiger partial charge in [0.1, 0.15) is 12.4 Å². The van der Waals surface area contributed by atoms with Gasteiger partial charge < -0.3 is 10.1 Å². The second kappa shape index (κ2) is 7.03. The Kier molecular flexibility index (Phi) is 5.04. The van der Waals surface area contributed by atoms with Crippen molar-refractivity contribution in [3.05, 3.63) is 24.0 Å². The van der Waals surface area contributed by atoms with Crippen molar-refractivity contribution in [3.8, 4) is 18.1 Å². The van der Waals surface area contributed by atoms with Gasteiger partial charge >= 0.3 is 0 Å². The van der Waals surface area contributed by atoms with E-state index in [-0.39, 0.29) is 0 Å². The number of terminal acetylenes is 1. The third kappa shape index (κ3) is 3.75. The van der Waals surface area contributed by atoms with E-state index >= 15 is 0 Å². The van der Waals surface area contributed by atoms with E-state index < -0.39 is 0 Å². The van der Waals surface area contributed by atoms with Crippen LogP contribution in [0.5, 0.6) is 5.75 Å². The van der Waals surface area contributed by atoms with Crippen LogP contribution in [-0.2, 0) is 6.42 Å². The van der Waals surface area contributed by atoms with Gasteiger partial charge in [-0.25, -0.2) is 0 Å². The smallest absolute Gasteiger partial charge is 0.140 e. The van der Waals surface area contributed by atoms with E-state index in [1.54, 1.807) is 0 Å². The summed E-state index contributed by atoms with van der Waals surface area (Å²) >= 11 is 0. The molecule has 0 bridgehead atoms. The molecule has 0 saturated carbocycles. The molecule has 0 radical (unpaired) electrons. The van der Waals surface area contributed by atoms with Crippen molar-refractivity contribution in [3.63, 3.8) is 0 Å². The van der Waals surface area contributed by atoms with Crippen LogP contribution in [0.1, 0.15) is 31.4 Å². The van der Waals surface area contributed by atoms with Crippen molar-refractivity contribution in [1.82, 2.24) is 10.3 Å². The maximum absolute atomic E-state index is 5.83. The van der Waals surface area contributed by atoms with Crippen LogP contribution in [0.4, 0.5) is 0 Å². The summed E-state index contributed by atoms with van der Waals surface area (Å²) in [7, 11) is 0. The SMILES string of the molecule is C#CCCCCc1ncccc1OC[C@@H]1CCN1. The van der Waals surface area contributed by atoms with E-state index in [1.165, 1.54) is 6.42 Å². The molecule has 3 nitrogen and oxygen atoms in total. The van der Waals surface area contributed by atoms with Crippen molar-refractivity contribution < 1.29 is 4.74 Å². The molecule has 1 aromatic heterocycles. The summed E-state index contributed by atoms with van der Waals surface area (Å²) in [4.78, 5) is 4.40. The number of rotatable bonds is 7. The molecule has 0 amide bonds. The summed E-state index contributed by atoms with van der Waals surface area (Å²) in [6.45, 7) is 1.85. The maximum Gasteiger partial charge on any atom is 0.140 e. The number of hydrogen-bond donors (Lipinski definition) is 1. The molecule has 0 aromatic carbocycles. The van der Waals surface area contributed by atoms with Crippen molar-refractivity contribution in [2.45, 2.75) is 38.1 Å². The van der Waals surface area contributed by atoms with Crippen molar-refractivity contribution in [2.24, 2.45) is 0 Å². The minimum Gasteiger partial charge on any atom is -0.490 e. The van der Waals surface area contributed by atoms with Crippen LogP contribution < -0.4 is 10.1 Å². The molecule has 3 heteroatoms. The van der Waals surface area contributed by atoms with E-state index in [0.717, 1.165) is 50.3 Å². The van der Waals surface area contributed by atoms with Crippen LogP contribution in [-0.4, -0.2) is 24.2 Å². The van der Waals surface area contributed by atoms with Crippen molar-refractivity contribution in [1.29, 1.82) is 0 Å². The summed E-state index contributed by atoms with van der Waals surface area (Å²) in [6, 6.07) is 4.44. The molecule has 0 unspecified atom stereocenters. The molecule has 1 aliphatic rings. The normalized spacial score (nSPS) is 17.8. The first-order valence-electron chi connectivity index (χ1n) is 6.63. The fraction of sp³-hybridized carbons (Fsp3) is 0.533. The topological polar surface area (TPSA) is 34.1 Å². The Balaban J connectivity index is 1.82. The lowest BCUT2D eigenvalue weighted by Crippen LogP contribution is -2.46. The van der Waals surface area contributed by atoms with E-state index in [2.05, 4.69) is 16.2 Å². The molecule has 2 rings (SSSR count). The van der Waals surface area contributed by atoms with E-state index in [4.69, 9.17) is 11.2 Å². The van der Waals surface area contributed by atoms with Gasteiger partial charge in [-0.1, -0.05) is 0 Å². The van der Waals surface area contributed by atoms with Gasteiger partial charge in [-0.15, -0.1) is 12.3 Å². The summed E-state index contributed by atoms with van der Waals surface area (Å²) in [5.74, 6) is 3.59. The third-order valence-corrected chi connectivity index (χ3v) is 3.20. The highest BCUT2D eigenvalue weighted by Gasteiger charge is 2.17. The molecule has 0 spiro atoms. The standard InChI is InChI=1S/C15H20N2O/c1-2-3-4-5-7-14-15(8-6-10-17-14)18-12-13-9-11-16-13/h1,6,8,10,13,16H,3-5,7,9,11-12H2/t13-/m0/s1. The Bertz CT molecular complexity index is 407. The molecule has 1 saturated heterocycles. The Labute approximate surface area is 109 Å². The first kappa shape index (κ1) is 12.9. The summed E-state index contributed by atoms with van der Waals surface area (Å²) in [5.41, 5.74) is 1.05. The fourth-order valence-electron chi connectivity index (χ4n) is 1.94. The number of nitrogens with zero attached hydrogens (tertiary/aromatic N) is 1. The highest BCUT2D eigenvalue weighted by Crippen LogP contribution is 2.19.